The van der Waals surface area contributed by atoms with Crippen LogP contribution in [0.3, 0.4) is 0 Å². The van der Waals surface area contributed by atoms with Crippen molar-refractivity contribution in [3.63, 3.8) is 0 Å². The van der Waals surface area contributed by atoms with Gasteiger partial charge in [-0.05, 0) is 66.9 Å². The summed E-state index contributed by atoms with van der Waals surface area (Å²) in [5.74, 6) is 0. The van der Waals surface area contributed by atoms with Crippen LogP contribution < -0.4 is 0 Å². The molecule has 0 amide bonds. The molecule has 2 aromatic carbocycles. The average molecular weight is 715 g/mol. The molecule has 0 bridgehead atoms. The molecule has 0 aliphatic carbocycles. The molecule has 1 unspecified atom stereocenters. The van der Waals surface area contributed by atoms with E-state index in [9.17, 15) is 20.4 Å². The van der Waals surface area contributed by atoms with E-state index >= 15 is 0 Å². The van der Waals surface area contributed by atoms with Gasteiger partial charge in [0.1, 0.15) is 17.8 Å². The summed E-state index contributed by atoms with van der Waals surface area (Å²) < 4.78 is 3.60. The second-order valence-electron chi connectivity index (χ2n) is 18.1. The fourth-order valence-corrected chi connectivity index (χ4v) is 6.18. The molecule has 0 aliphatic heterocycles. The number of rotatable bonds is 8. The highest BCUT2D eigenvalue weighted by Gasteiger charge is 2.49. The molecule has 2 rings (SSSR count). The van der Waals surface area contributed by atoms with E-state index in [4.69, 9.17) is 19.6 Å². The van der Waals surface area contributed by atoms with Crippen molar-refractivity contribution < 1.29 is 44.3 Å². The molecule has 48 heavy (non-hydrogen) atoms. The van der Waals surface area contributed by atoms with E-state index < -0.39 is 41.1 Å². The van der Waals surface area contributed by atoms with Gasteiger partial charge < -0.3 is 40.0 Å². The van der Waals surface area contributed by atoms with Gasteiger partial charge in [0.05, 0.1) is 6.10 Å². The standard InChI is InChI=1S/C37H60O4.H4O5P2/c1-32(2,3)22-29(38)30(39)31(40)37(41,25-18-16-23(33(4,5)6)20-27(25)35(10,11)12)26-19-17-24(34(7,8)9)21-28(26)36(13,14)15;1-6(2)5-7(3)4/h16-21,29-31,38-41H,22H2,1-15H3;1-4H/t29?,30-,31-;/m0./s1. The minimum Gasteiger partial charge on any atom is -0.390 e. The van der Waals surface area contributed by atoms with Gasteiger partial charge in [-0.1, -0.05) is 140 Å². The fourth-order valence-electron chi connectivity index (χ4n) is 5.66. The van der Waals surface area contributed by atoms with Crippen LogP contribution in [-0.4, -0.2) is 58.3 Å². The van der Waals surface area contributed by atoms with E-state index in [2.05, 4.69) is 99.5 Å². The monoisotopic (exact) mass is 714 g/mol. The maximum atomic E-state index is 13.1. The Bertz CT molecular complexity index is 1240. The third kappa shape index (κ3) is 12.3. The lowest BCUT2D eigenvalue weighted by atomic mass is 9.66. The Hall–Kier alpha value is -1.06. The first-order chi connectivity index (χ1) is 21.2. The third-order valence-corrected chi connectivity index (χ3v) is 9.49. The Morgan fingerprint density at radius 2 is 0.875 bits per heavy atom. The molecule has 0 spiro atoms. The van der Waals surface area contributed by atoms with E-state index in [0.29, 0.717) is 11.1 Å². The predicted octanol–water partition coefficient (Wildman–Crippen LogP) is 7.06. The first-order valence-electron chi connectivity index (χ1n) is 16.4. The quantitative estimate of drug-likeness (QED) is 0.133. The minimum atomic E-state index is -2.61. The Morgan fingerprint density at radius 3 is 1.10 bits per heavy atom. The first-order valence-corrected chi connectivity index (χ1v) is 18.7. The van der Waals surface area contributed by atoms with Crippen LogP contribution in [0.2, 0.25) is 0 Å². The fraction of sp³-hybridized carbons (Fsp3) is 0.676. The zero-order valence-electron chi connectivity index (χ0n) is 31.8. The number of benzene rings is 2. The average Bonchev–Trinajstić information content (AvgIpc) is 2.87. The summed E-state index contributed by atoms with van der Waals surface area (Å²) in [6, 6.07) is 12.1. The Balaban J connectivity index is 0.00000148. The molecule has 3 atom stereocenters. The summed E-state index contributed by atoms with van der Waals surface area (Å²) in [6.45, 7) is 31.5. The van der Waals surface area contributed by atoms with E-state index in [1.807, 2.05) is 45.0 Å². The zero-order chi connectivity index (χ0) is 38.0. The zero-order valence-corrected chi connectivity index (χ0v) is 33.6. The summed E-state index contributed by atoms with van der Waals surface area (Å²) in [5, 5.41) is 47.8. The van der Waals surface area contributed by atoms with Crippen molar-refractivity contribution in [2.75, 3.05) is 0 Å². The lowest BCUT2D eigenvalue weighted by Crippen LogP contribution is -2.53. The number of aliphatic hydroxyl groups is 4. The van der Waals surface area contributed by atoms with Gasteiger partial charge in [0.15, 0.2) is 0 Å². The van der Waals surface area contributed by atoms with Crippen LogP contribution in [0, 0.1) is 5.41 Å². The van der Waals surface area contributed by atoms with Gasteiger partial charge >= 0.3 is 17.2 Å². The Labute approximate surface area is 292 Å². The predicted molar refractivity (Wildman–Crippen MR) is 197 cm³/mol. The molecule has 2 aromatic rings. The summed E-state index contributed by atoms with van der Waals surface area (Å²) in [6.07, 6.45) is -4.23. The highest BCUT2D eigenvalue weighted by atomic mass is 31.2. The molecule has 276 valence electrons. The molecule has 0 saturated heterocycles. The third-order valence-electron chi connectivity index (χ3n) is 8.32. The maximum Gasteiger partial charge on any atom is 0.334 e. The van der Waals surface area contributed by atoms with Crippen LogP contribution in [0.5, 0.6) is 0 Å². The highest BCUT2D eigenvalue weighted by Crippen LogP contribution is 2.46. The van der Waals surface area contributed by atoms with Crippen molar-refractivity contribution in [2.45, 2.75) is 156 Å². The second kappa shape index (κ2) is 16.1. The van der Waals surface area contributed by atoms with Crippen molar-refractivity contribution in [3.05, 3.63) is 69.8 Å². The maximum absolute atomic E-state index is 13.1. The molecule has 9 nitrogen and oxygen atoms in total. The minimum absolute atomic E-state index is 0.122. The van der Waals surface area contributed by atoms with Gasteiger partial charge in [-0.15, -0.1) is 0 Å². The van der Waals surface area contributed by atoms with Crippen molar-refractivity contribution in [2.24, 2.45) is 5.41 Å². The van der Waals surface area contributed by atoms with Crippen LogP contribution in [0.25, 0.3) is 0 Å². The van der Waals surface area contributed by atoms with Gasteiger partial charge in [-0.3, -0.25) is 0 Å². The summed E-state index contributed by atoms with van der Waals surface area (Å²) in [5.41, 5.74) is 1.82. The van der Waals surface area contributed by atoms with Crippen LogP contribution >= 0.6 is 17.2 Å². The molecule has 0 fully saturated rings. The van der Waals surface area contributed by atoms with Crippen LogP contribution in [0.15, 0.2) is 36.4 Å². The smallest absolute Gasteiger partial charge is 0.334 e. The molecule has 0 aliphatic rings. The van der Waals surface area contributed by atoms with Crippen molar-refractivity contribution in [1.82, 2.24) is 0 Å². The molecule has 0 saturated carbocycles. The molecule has 11 heteroatoms. The van der Waals surface area contributed by atoms with Crippen LogP contribution in [0.1, 0.15) is 144 Å². The lowest BCUT2D eigenvalue weighted by molar-refractivity contribution is -0.145. The van der Waals surface area contributed by atoms with Gasteiger partial charge in [0.2, 0.25) is 0 Å². The first kappa shape index (κ1) is 45.0. The Morgan fingerprint density at radius 1 is 0.542 bits per heavy atom. The number of hydrogen-bond donors (Lipinski definition) is 8. The van der Waals surface area contributed by atoms with E-state index in [1.54, 1.807) is 0 Å². The van der Waals surface area contributed by atoms with E-state index in [-0.39, 0.29) is 33.5 Å². The molecular formula is C37H64O9P2. The number of aliphatic hydroxyl groups excluding tert-OH is 3. The van der Waals surface area contributed by atoms with Gasteiger partial charge in [0.25, 0.3) is 0 Å². The lowest BCUT2D eigenvalue weighted by Gasteiger charge is -2.44. The SMILES string of the molecule is CC(C)(C)CC(O)[C@H](O)[C@H](O)C(O)(c1ccc(C(C)(C)C)cc1C(C)(C)C)c1ccc(C(C)(C)C)cc1C(C)(C)C.OP(O)OP(O)O. The van der Waals surface area contributed by atoms with Crippen molar-refractivity contribution >= 4 is 17.2 Å². The van der Waals surface area contributed by atoms with Gasteiger partial charge in [0, 0.05) is 0 Å². The van der Waals surface area contributed by atoms with Crippen molar-refractivity contribution in [3.8, 4) is 0 Å². The summed E-state index contributed by atoms with van der Waals surface area (Å²) in [7, 11) is -5.22. The van der Waals surface area contributed by atoms with Gasteiger partial charge in [-0.25, -0.2) is 4.31 Å². The number of hydrogen-bond acceptors (Lipinski definition) is 9. The highest BCUT2D eigenvalue weighted by molar-refractivity contribution is 7.53. The summed E-state index contributed by atoms with van der Waals surface area (Å²) in [4.78, 5) is 31.3. The van der Waals surface area contributed by atoms with Crippen LogP contribution in [0.4, 0.5) is 0 Å². The largest absolute Gasteiger partial charge is 0.390 e. The normalized spacial score (nSPS) is 15.7. The molecule has 0 aromatic heterocycles. The second-order valence-corrected chi connectivity index (χ2v) is 19.8. The molecule has 0 radical (unpaired) electrons. The van der Waals surface area contributed by atoms with E-state index in [1.165, 1.54) is 0 Å². The molecule has 8 N–H and O–H groups in total. The van der Waals surface area contributed by atoms with Crippen LogP contribution in [-0.2, 0) is 31.6 Å². The summed E-state index contributed by atoms with van der Waals surface area (Å²) >= 11 is 0. The van der Waals surface area contributed by atoms with E-state index in [0.717, 1.165) is 22.3 Å². The Kier molecular flexibility index (Phi) is 15.1. The topological polar surface area (TPSA) is 171 Å². The van der Waals surface area contributed by atoms with Crippen molar-refractivity contribution in [1.29, 1.82) is 0 Å². The molecule has 0 heterocycles. The molecular weight excluding hydrogens is 650 g/mol. The van der Waals surface area contributed by atoms with Gasteiger partial charge in [-0.2, -0.15) is 0 Å².